The molecule has 0 radical (unpaired) electrons. The second-order valence-corrected chi connectivity index (χ2v) is 2.09. The summed E-state index contributed by atoms with van der Waals surface area (Å²) in [6, 6.07) is 1.81. The van der Waals surface area contributed by atoms with Gasteiger partial charge in [0.1, 0.15) is 6.26 Å². The van der Waals surface area contributed by atoms with Gasteiger partial charge in [0.15, 0.2) is 5.75 Å². The van der Waals surface area contributed by atoms with E-state index in [4.69, 9.17) is 0 Å². The van der Waals surface area contributed by atoms with Gasteiger partial charge in [0.2, 0.25) is 0 Å². The molecular formula is C6H6O2S. The van der Waals surface area contributed by atoms with Crippen LogP contribution >= 0.6 is 11.3 Å². The number of rotatable bonds is 3. The van der Waals surface area contributed by atoms with Gasteiger partial charge in [-0.05, 0) is 11.4 Å². The van der Waals surface area contributed by atoms with Gasteiger partial charge in [0.05, 0.1) is 0 Å². The molecule has 3 heteroatoms. The molecule has 48 valence electrons. The van der Waals surface area contributed by atoms with Crippen LogP contribution in [0.15, 0.2) is 29.7 Å². The number of thiophene rings is 1. The van der Waals surface area contributed by atoms with E-state index in [1.165, 1.54) is 6.26 Å². The first-order valence-corrected chi connectivity index (χ1v) is 3.34. The van der Waals surface area contributed by atoms with Crippen molar-refractivity contribution in [2.24, 2.45) is 0 Å². The normalized spacial score (nSPS) is 8.44. The molecule has 0 bridgehead atoms. The Morgan fingerprint density at radius 3 is 3.11 bits per heavy atom. The fourth-order valence-corrected chi connectivity index (χ4v) is 0.932. The Kier molecular flexibility index (Phi) is 2.15. The summed E-state index contributed by atoms with van der Waals surface area (Å²) in [5, 5.41) is 3.74. The zero-order chi connectivity index (χ0) is 6.53. The lowest BCUT2D eigenvalue weighted by atomic mass is 10.6. The van der Waals surface area contributed by atoms with E-state index >= 15 is 0 Å². The minimum Gasteiger partial charge on any atom is -0.299 e. The number of hydrogen-bond donors (Lipinski definition) is 0. The van der Waals surface area contributed by atoms with Gasteiger partial charge in [-0.3, -0.25) is 9.78 Å². The highest BCUT2D eigenvalue weighted by atomic mass is 32.1. The van der Waals surface area contributed by atoms with Crippen LogP contribution in [-0.4, -0.2) is 0 Å². The van der Waals surface area contributed by atoms with Crippen molar-refractivity contribution in [2.75, 3.05) is 0 Å². The highest BCUT2D eigenvalue weighted by molar-refractivity contribution is 7.08. The van der Waals surface area contributed by atoms with Crippen LogP contribution in [0.1, 0.15) is 0 Å². The maximum Gasteiger partial charge on any atom is 0.189 e. The fraction of sp³-hybridized carbons (Fsp3) is 0. The van der Waals surface area contributed by atoms with E-state index < -0.39 is 0 Å². The maximum atomic E-state index is 4.69. The monoisotopic (exact) mass is 142 g/mol. The molecule has 0 aliphatic heterocycles. The van der Waals surface area contributed by atoms with Gasteiger partial charge < -0.3 is 0 Å². The van der Waals surface area contributed by atoms with Crippen molar-refractivity contribution in [2.45, 2.75) is 0 Å². The first-order valence-electron chi connectivity index (χ1n) is 2.40. The Morgan fingerprint density at radius 1 is 1.67 bits per heavy atom. The summed E-state index contributed by atoms with van der Waals surface area (Å²) >= 11 is 1.55. The summed E-state index contributed by atoms with van der Waals surface area (Å²) in [4.78, 5) is 9.14. The average molecular weight is 142 g/mol. The summed E-state index contributed by atoms with van der Waals surface area (Å²) in [5.74, 6) is 0.708. The average Bonchev–Trinajstić information content (AvgIpc) is 2.34. The molecular weight excluding hydrogens is 136 g/mol. The quantitative estimate of drug-likeness (QED) is 0.366. The minimum atomic E-state index is 0.708. The van der Waals surface area contributed by atoms with Crippen molar-refractivity contribution >= 4 is 11.3 Å². The van der Waals surface area contributed by atoms with Gasteiger partial charge in [-0.2, -0.15) is 0 Å². The lowest BCUT2D eigenvalue weighted by Crippen LogP contribution is -1.85. The maximum absolute atomic E-state index is 4.69. The Morgan fingerprint density at radius 2 is 2.56 bits per heavy atom. The van der Waals surface area contributed by atoms with E-state index in [1.807, 2.05) is 16.8 Å². The Hall–Kier alpha value is -0.960. The first-order chi connectivity index (χ1) is 4.43. The van der Waals surface area contributed by atoms with Crippen LogP contribution in [0.2, 0.25) is 0 Å². The molecule has 0 aliphatic rings. The van der Waals surface area contributed by atoms with Crippen molar-refractivity contribution in [1.29, 1.82) is 0 Å². The zero-order valence-corrected chi connectivity index (χ0v) is 5.56. The standard InChI is InChI=1S/C6H6O2S/c1-2-7-8-6-3-4-9-5-6/h2-5H,1H2. The molecule has 9 heavy (non-hydrogen) atoms. The third-order valence-corrected chi connectivity index (χ3v) is 1.37. The van der Waals surface area contributed by atoms with Crippen LogP contribution in [0.3, 0.4) is 0 Å². The van der Waals surface area contributed by atoms with E-state index in [0.29, 0.717) is 5.75 Å². The predicted molar refractivity (Wildman–Crippen MR) is 36.2 cm³/mol. The van der Waals surface area contributed by atoms with Gasteiger partial charge >= 0.3 is 0 Å². The smallest absolute Gasteiger partial charge is 0.189 e. The Bertz CT molecular complexity index is 169. The largest absolute Gasteiger partial charge is 0.299 e. The van der Waals surface area contributed by atoms with Gasteiger partial charge in [0.25, 0.3) is 0 Å². The molecule has 0 saturated carbocycles. The van der Waals surface area contributed by atoms with E-state index in [2.05, 4.69) is 16.4 Å². The minimum absolute atomic E-state index is 0.708. The van der Waals surface area contributed by atoms with Crippen molar-refractivity contribution in [3.05, 3.63) is 29.7 Å². The van der Waals surface area contributed by atoms with Crippen LogP contribution in [0, 0.1) is 0 Å². The molecule has 2 nitrogen and oxygen atoms in total. The Balaban J connectivity index is 2.38. The van der Waals surface area contributed by atoms with Crippen LogP contribution in [0.4, 0.5) is 0 Å². The van der Waals surface area contributed by atoms with E-state index in [9.17, 15) is 0 Å². The molecule has 0 amide bonds. The van der Waals surface area contributed by atoms with E-state index in [1.54, 1.807) is 11.3 Å². The summed E-state index contributed by atoms with van der Waals surface area (Å²) in [6.07, 6.45) is 1.23. The van der Waals surface area contributed by atoms with Gasteiger partial charge in [-0.25, -0.2) is 0 Å². The molecule has 1 heterocycles. The third-order valence-electron chi connectivity index (χ3n) is 0.707. The summed E-state index contributed by atoms with van der Waals surface area (Å²) < 4.78 is 0. The third kappa shape index (κ3) is 1.77. The first kappa shape index (κ1) is 6.16. The van der Waals surface area contributed by atoms with Crippen molar-refractivity contribution in [3.8, 4) is 5.75 Å². The molecule has 0 saturated heterocycles. The molecule has 1 rings (SSSR count). The second kappa shape index (κ2) is 3.14. The second-order valence-electron chi connectivity index (χ2n) is 1.31. The summed E-state index contributed by atoms with van der Waals surface area (Å²) in [5.41, 5.74) is 0. The van der Waals surface area contributed by atoms with Crippen molar-refractivity contribution < 1.29 is 9.78 Å². The van der Waals surface area contributed by atoms with Crippen LogP contribution in [0.5, 0.6) is 5.75 Å². The molecule has 1 aromatic rings. The number of hydrogen-bond acceptors (Lipinski definition) is 3. The van der Waals surface area contributed by atoms with Crippen LogP contribution < -0.4 is 4.89 Å². The van der Waals surface area contributed by atoms with E-state index in [0.717, 1.165) is 0 Å². The Labute approximate surface area is 57.3 Å². The lowest BCUT2D eigenvalue weighted by molar-refractivity contribution is -0.148. The highest BCUT2D eigenvalue weighted by Gasteiger charge is 1.89. The predicted octanol–water partition coefficient (Wildman–Crippen LogP) is 2.20. The highest BCUT2D eigenvalue weighted by Crippen LogP contribution is 2.14. The molecule has 0 unspecified atom stereocenters. The van der Waals surface area contributed by atoms with Crippen LogP contribution in [0.25, 0.3) is 0 Å². The van der Waals surface area contributed by atoms with Crippen molar-refractivity contribution in [1.82, 2.24) is 0 Å². The van der Waals surface area contributed by atoms with Crippen molar-refractivity contribution in [3.63, 3.8) is 0 Å². The summed E-state index contributed by atoms with van der Waals surface area (Å²) in [7, 11) is 0. The fourth-order valence-electron chi connectivity index (χ4n) is 0.389. The zero-order valence-electron chi connectivity index (χ0n) is 4.74. The lowest BCUT2D eigenvalue weighted by Gasteiger charge is -1.94. The van der Waals surface area contributed by atoms with Gasteiger partial charge in [0, 0.05) is 5.38 Å². The molecule has 0 aromatic carbocycles. The van der Waals surface area contributed by atoms with Gasteiger partial charge in [-0.1, -0.05) is 6.58 Å². The molecule has 0 fully saturated rings. The topological polar surface area (TPSA) is 18.5 Å². The molecule has 0 spiro atoms. The molecule has 0 N–H and O–H groups in total. The van der Waals surface area contributed by atoms with Gasteiger partial charge in [-0.15, -0.1) is 11.3 Å². The van der Waals surface area contributed by atoms with Crippen LogP contribution in [-0.2, 0) is 4.89 Å². The summed E-state index contributed by atoms with van der Waals surface area (Å²) in [6.45, 7) is 3.32. The van der Waals surface area contributed by atoms with E-state index in [-0.39, 0.29) is 0 Å². The SMILES string of the molecule is C=COOc1ccsc1. The molecule has 1 aromatic heterocycles. The molecule has 0 atom stereocenters. The molecule has 0 aliphatic carbocycles.